The molecule has 2 amide bonds. The Morgan fingerprint density at radius 2 is 2.17 bits per heavy atom. The Kier molecular flexibility index (Phi) is 4.60. The molecule has 3 rings (SSSR count). The van der Waals surface area contributed by atoms with Crippen LogP contribution in [0.25, 0.3) is 5.65 Å². The van der Waals surface area contributed by atoms with Crippen molar-refractivity contribution in [2.75, 3.05) is 11.9 Å². The Labute approximate surface area is 139 Å². The first-order valence-electron chi connectivity index (χ1n) is 7.72. The molecule has 0 aliphatic carbocycles. The number of carbonyl (C=O) groups excluding carboxylic acids is 1. The maximum atomic E-state index is 12.0. The van der Waals surface area contributed by atoms with Crippen molar-refractivity contribution in [3.8, 4) is 5.88 Å². The molecule has 7 heteroatoms. The van der Waals surface area contributed by atoms with Gasteiger partial charge >= 0.3 is 6.03 Å². The Hall–Kier alpha value is -3.09. The van der Waals surface area contributed by atoms with Crippen LogP contribution in [0.3, 0.4) is 0 Å². The van der Waals surface area contributed by atoms with Crippen molar-refractivity contribution in [1.29, 1.82) is 0 Å². The molecular weight excluding hydrogens is 306 g/mol. The molecule has 3 heterocycles. The number of pyridine rings is 2. The van der Waals surface area contributed by atoms with Crippen molar-refractivity contribution >= 4 is 17.4 Å². The predicted octanol–water partition coefficient (Wildman–Crippen LogP) is 2.76. The van der Waals surface area contributed by atoms with Crippen LogP contribution in [0.5, 0.6) is 5.88 Å². The molecule has 0 spiro atoms. The maximum absolute atomic E-state index is 12.0. The molecule has 0 bridgehead atoms. The first-order valence-corrected chi connectivity index (χ1v) is 7.72. The molecule has 0 fully saturated rings. The van der Waals surface area contributed by atoms with Gasteiger partial charge in [-0.25, -0.2) is 14.8 Å². The minimum atomic E-state index is -0.277. The first-order chi connectivity index (χ1) is 11.6. The topological polar surface area (TPSA) is 80.5 Å². The Morgan fingerprint density at radius 3 is 3.00 bits per heavy atom. The lowest BCUT2D eigenvalue weighted by Crippen LogP contribution is -2.28. The minimum absolute atomic E-state index is 0.277. The van der Waals surface area contributed by atoms with Crippen LogP contribution in [0.4, 0.5) is 10.5 Å². The van der Waals surface area contributed by atoms with Gasteiger partial charge in [0.05, 0.1) is 18.0 Å². The quantitative estimate of drug-likeness (QED) is 0.756. The SMILES string of the molecule is CCOc1cc(CNC(=O)Nc2ccc3nc(C)cn3c2)ccn1. The monoisotopic (exact) mass is 325 g/mol. The largest absolute Gasteiger partial charge is 0.478 e. The van der Waals surface area contributed by atoms with E-state index in [4.69, 9.17) is 4.74 Å². The number of urea groups is 1. The molecule has 3 aromatic heterocycles. The zero-order chi connectivity index (χ0) is 16.9. The smallest absolute Gasteiger partial charge is 0.319 e. The van der Waals surface area contributed by atoms with Gasteiger partial charge in [-0.05, 0) is 37.6 Å². The van der Waals surface area contributed by atoms with E-state index in [-0.39, 0.29) is 6.03 Å². The van der Waals surface area contributed by atoms with Gasteiger partial charge in [0, 0.05) is 31.2 Å². The summed E-state index contributed by atoms with van der Waals surface area (Å²) < 4.78 is 7.22. The summed E-state index contributed by atoms with van der Waals surface area (Å²) in [5.41, 5.74) is 3.39. The average molecular weight is 325 g/mol. The number of rotatable bonds is 5. The Bertz CT molecular complexity index is 859. The molecule has 0 saturated heterocycles. The molecule has 0 radical (unpaired) electrons. The second-order valence-corrected chi connectivity index (χ2v) is 5.31. The number of nitrogens with zero attached hydrogens (tertiary/aromatic N) is 3. The molecule has 2 N–H and O–H groups in total. The highest BCUT2D eigenvalue weighted by Crippen LogP contribution is 2.12. The number of fused-ring (bicyclic) bond motifs is 1. The summed E-state index contributed by atoms with van der Waals surface area (Å²) in [4.78, 5) is 20.5. The van der Waals surface area contributed by atoms with Gasteiger partial charge in [-0.3, -0.25) is 0 Å². The normalized spacial score (nSPS) is 10.6. The number of carbonyl (C=O) groups is 1. The first kappa shape index (κ1) is 15.8. The lowest BCUT2D eigenvalue weighted by atomic mass is 10.2. The molecule has 24 heavy (non-hydrogen) atoms. The highest BCUT2D eigenvalue weighted by molar-refractivity contribution is 5.89. The second-order valence-electron chi connectivity index (χ2n) is 5.31. The molecule has 3 aromatic rings. The highest BCUT2D eigenvalue weighted by atomic mass is 16.5. The number of nitrogens with one attached hydrogen (secondary N) is 2. The van der Waals surface area contributed by atoms with Gasteiger partial charge in [0.1, 0.15) is 5.65 Å². The number of amides is 2. The number of imidazole rings is 1. The summed E-state index contributed by atoms with van der Waals surface area (Å²) in [6.07, 6.45) is 5.40. The molecule has 0 aliphatic heterocycles. The van der Waals surface area contributed by atoms with E-state index in [1.54, 1.807) is 6.20 Å². The Morgan fingerprint density at radius 1 is 1.29 bits per heavy atom. The fourth-order valence-corrected chi connectivity index (χ4v) is 2.34. The number of aromatic nitrogens is 3. The third-order valence-electron chi connectivity index (χ3n) is 3.37. The van der Waals surface area contributed by atoms with Crippen molar-refractivity contribution in [2.24, 2.45) is 0 Å². The number of hydrogen-bond acceptors (Lipinski definition) is 4. The maximum Gasteiger partial charge on any atom is 0.319 e. The van der Waals surface area contributed by atoms with Crippen molar-refractivity contribution in [3.05, 3.63) is 54.1 Å². The third-order valence-corrected chi connectivity index (χ3v) is 3.37. The van der Waals surface area contributed by atoms with E-state index in [1.807, 2.05) is 54.9 Å². The van der Waals surface area contributed by atoms with Gasteiger partial charge in [-0.1, -0.05) is 0 Å². The number of hydrogen-bond donors (Lipinski definition) is 2. The van der Waals surface area contributed by atoms with Crippen LogP contribution < -0.4 is 15.4 Å². The van der Waals surface area contributed by atoms with Crippen LogP contribution in [0.15, 0.2) is 42.9 Å². The standard InChI is InChI=1S/C17H19N5O2/c1-3-24-16-8-13(6-7-18-16)9-19-17(23)21-14-4-5-15-20-12(2)10-22(15)11-14/h4-8,10-11H,3,9H2,1-2H3,(H2,19,21,23). The fourth-order valence-electron chi connectivity index (χ4n) is 2.34. The molecule has 0 aromatic carbocycles. The third kappa shape index (κ3) is 3.81. The van der Waals surface area contributed by atoms with Gasteiger partial charge in [0.25, 0.3) is 0 Å². The zero-order valence-corrected chi connectivity index (χ0v) is 13.6. The molecule has 0 atom stereocenters. The number of ether oxygens (including phenoxy) is 1. The molecule has 7 nitrogen and oxygen atoms in total. The lowest BCUT2D eigenvalue weighted by Gasteiger charge is -2.09. The van der Waals surface area contributed by atoms with Gasteiger partial charge in [-0.2, -0.15) is 0 Å². The summed E-state index contributed by atoms with van der Waals surface area (Å²) in [7, 11) is 0. The summed E-state index contributed by atoms with van der Waals surface area (Å²) in [6, 6.07) is 7.05. The van der Waals surface area contributed by atoms with Gasteiger partial charge in [-0.15, -0.1) is 0 Å². The van der Waals surface area contributed by atoms with E-state index in [2.05, 4.69) is 20.6 Å². The molecular formula is C17H19N5O2. The molecule has 0 aliphatic rings. The molecule has 124 valence electrons. The van der Waals surface area contributed by atoms with Crippen LogP contribution >= 0.6 is 0 Å². The highest BCUT2D eigenvalue weighted by Gasteiger charge is 2.05. The van der Waals surface area contributed by atoms with Crippen LogP contribution in [-0.2, 0) is 6.54 Å². The predicted molar refractivity (Wildman–Crippen MR) is 91.2 cm³/mol. The van der Waals surface area contributed by atoms with E-state index in [0.717, 1.165) is 16.9 Å². The number of anilines is 1. The van der Waals surface area contributed by atoms with Crippen LogP contribution in [0.2, 0.25) is 0 Å². The van der Waals surface area contributed by atoms with E-state index < -0.39 is 0 Å². The number of aryl methyl sites for hydroxylation is 1. The van der Waals surface area contributed by atoms with Gasteiger partial charge < -0.3 is 19.8 Å². The Balaban J connectivity index is 1.59. The van der Waals surface area contributed by atoms with Gasteiger partial charge in [0.2, 0.25) is 5.88 Å². The average Bonchev–Trinajstić information content (AvgIpc) is 2.93. The van der Waals surface area contributed by atoms with Crippen molar-refractivity contribution < 1.29 is 9.53 Å². The van der Waals surface area contributed by atoms with Crippen molar-refractivity contribution in [3.63, 3.8) is 0 Å². The van der Waals surface area contributed by atoms with Gasteiger partial charge in [0.15, 0.2) is 0 Å². The zero-order valence-electron chi connectivity index (χ0n) is 13.6. The minimum Gasteiger partial charge on any atom is -0.478 e. The van der Waals surface area contributed by atoms with E-state index >= 15 is 0 Å². The molecule has 0 saturated carbocycles. The fraction of sp³-hybridized carbons (Fsp3) is 0.235. The van der Waals surface area contributed by atoms with E-state index in [1.165, 1.54) is 0 Å². The van der Waals surface area contributed by atoms with Crippen LogP contribution in [0.1, 0.15) is 18.2 Å². The van der Waals surface area contributed by atoms with Crippen molar-refractivity contribution in [1.82, 2.24) is 19.7 Å². The second kappa shape index (κ2) is 6.99. The summed E-state index contributed by atoms with van der Waals surface area (Å²) in [5, 5.41) is 5.62. The summed E-state index contributed by atoms with van der Waals surface area (Å²) in [5.74, 6) is 0.554. The van der Waals surface area contributed by atoms with E-state index in [9.17, 15) is 4.79 Å². The summed E-state index contributed by atoms with van der Waals surface area (Å²) >= 11 is 0. The summed E-state index contributed by atoms with van der Waals surface area (Å²) in [6.45, 7) is 4.78. The van der Waals surface area contributed by atoms with Crippen LogP contribution in [-0.4, -0.2) is 27.0 Å². The van der Waals surface area contributed by atoms with Crippen LogP contribution in [0, 0.1) is 6.92 Å². The molecule has 0 unspecified atom stereocenters. The van der Waals surface area contributed by atoms with E-state index in [0.29, 0.717) is 24.7 Å². The lowest BCUT2D eigenvalue weighted by molar-refractivity contribution is 0.251. The van der Waals surface area contributed by atoms with Crippen molar-refractivity contribution in [2.45, 2.75) is 20.4 Å².